The second-order valence-corrected chi connectivity index (χ2v) is 19.0. The largest absolute Gasteiger partial charge is 0.311 e. The number of rotatable bonds is 7. The second kappa shape index (κ2) is 14.5. The third-order valence-electron chi connectivity index (χ3n) is 12.1. The van der Waals surface area contributed by atoms with E-state index in [1.807, 2.05) is 0 Å². The molecule has 0 unspecified atom stereocenters. The van der Waals surface area contributed by atoms with Gasteiger partial charge in [-0.1, -0.05) is 182 Å². The summed E-state index contributed by atoms with van der Waals surface area (Å²) in [5.41, 5.74) is 9.32. The van der Waals surface area contributed by atoms with E-state index in [2.05, 4.69) is 252 Å². The average Bonchev–Trinajstić information content (AvgIpc) is 3.32. The highest BCUT2D eigenvalue weighted by atomic mass is 28.3. The zero-order chi connectivity index (χ0) is 39.2. The first-order chi connectivity index (χ1) is 29.3. The van der Waals surface area contributed by atoms with Crippen molar-refractivity contribution >= 4 is 84.5 Å². The monoisotopic (exact) mass is 768 g/mol. The van der Waals surface area contributed by atoms with Crippen LogP contribution >= 0.6 is 0 Å². The van der Waals surface area contributed by atoms with Gasteiger partial charge >= 0.3 is 0 Å². The van der Waals surface area contributed by atoms with Gasteiger partial charge in [-0.25, -0.2) is 0 Å². The molecule has 0 atom stereocenters. The SMILES string of the molecule is c1ccc(-c2ccc(N(c3ccc4c(c3)[Si](c3ccccc3)(c3ccccc3)c3ccccc3N4c3ccccc3)c3ccc4c(ccc5ccccc54)c3)cc2)cc1. The van der Waals surface area contributed by atoms with Gasteiger partial charge in [-0.15, -0.1) is 0 Å². The van der Waals surface area contributed by atoms with Crippen molar-refractivity contribution in [1.29, 1.82) is 0 Å². The van der Waals surface area contributed by atoms with E-state index in [1.165, 1.54) is 64.8 Å². The van der Waals surface area contributed by atoms with Crippen LogP contribution in [0.4, 0.5) is 34.1 Å². The third-order valence-corrected chi connectivity index (χ3v) is 16.9. The molecule has 1 aliphatic heterocycles. The molecule has 3 heteroatoms. The summed E-state index contributed by atoms with van der Waals surface area (Å²) in [6.07, 6.45) is 0. The molecule has 10 aromatic rings. The van der Waals surface area contributed by atoms with Gasteiger partial charge in [-0.05, 0) is 114 Å². The lowest BCUT2D eigenvalue weighted by Gasteiger charge is -2.45. The van der Waals surface area contributed by atoms with Crippen molar-refractivity contribution in [2.75, 3.05) is 9.80 Å². The zero-order valence-corrected chi connectivity index (χ0v) is 33.5. The van der Waals surface area contributed by atoms with Gasteiger partial charge in [-0.2, -0.15) is 0 Å². The predicted octanol–water partition coefficient (Wildman–Crippen LogP) is 12.3. The van der Waals surface area contributed by atoms with Crippen LogP contribution in [0.15, 0.2) is 243 Å². The van der Waals surface area contributed by atoms with Gasteiger partial charge in [0, 0.05) is 34.1 Å². The molecule has 0 bridgehead atoms. The van der Waals surface area contributed by atoms with Gasteiger partial charge in [0.05, 0.1) is 0 Å². The molecule has 2 nitrogen and oxygen atoms in total. The fourth-order valence-electron chi connectivity index (χ4n) is 9.46. The molecule has 0 fully saturated rings. The molecule has 10 aromatic carbocycles. The first-order valence-corrected chi connectivity index (χ1v) is 22.3. The highest BCUT2D eigenvalue weighted by molar-refractivity contribution is 7.21. The van der Waals surface area contributed by atoms with Crippen molar-refractivity contribution in [3.63, 3.8) is 0 Å². The molecular formula is C56H40N2Si. The molecule has 11 rings (SSSR count). The van der Waals surface area contributed by atoms with Crippen molar-refractivity contribution in [1.82, 2.24) is 0 Å². The van der Waals surface area contributed by atoms with E-state index in [1.54, 1.807) is 0 Å². The standard InChI is InChI=1S/C56H40N2Si/c1-5-17-41(18-6-1)42-31-33-46(34-32-42)57(47-35-37-52-44(39-47)30-29-43-19-13-14-26-51(43)52)48-36-38-54-56(40-48)59(49-22-9-3-10-23-49,50-24-11-4-12-25-50)55-28-16-15-27-53(55)58(54)45-20-7-2-8-21-45/h1-40H. The van der Waals surface area contributed by atoms with E-state index in [0.717, 1.165) is 22.7 Å². The predicted molar refractivity (Wildman–Crippen MR) is 253 cm³/mol. The van der Waals surface area contributed by atoms with Crippen molar-refractivity contribution in [3.8, 4) is 11.1 Å². The number of anilines is 6. The smallest absolute Gasteiger partial charge is 0.184 e. The van der Waals surface area contributed by atoms with Crippen LogP contribution in [0.2, 0.25) is 0 Å². The minimum atomic E-state index is -2.93. The summed E-state index contributed by atoms with van der Waals surface area (Å²) in [4.78, 5) is 4.93. The highest BCUT2D eigenvalue weighted by Gasteiger charge is 2.49. The molecule has 0 saturated heterocycles. The maximum Gasteiger partial charge on any atom is 0.184 e. The van der Waals surface area contributed by atoms with Gasteiger partial charge in [-0.3, -0.25) is 0 Å². The van der Waals surface area contributed by atoms with Crippen LogP contribution in [0.5, 0.6) is 0 Å². The molecule has 0 saturated carbocycles. The number of benzene rings is 10. The van der Waals surface area contributed by atoms with Gasteiger partial charge in [0.1, 0.15) is 0 Å². The molecule has 278 valence electrons. The van der Waals surface area contributed by atoms with Crippen molar-refractivity contribution in [3.05, 3.63) is 243 Å². The Morgan fingerprint density at radius 1 is 0.322 bits per heavy atom. The molecule has 1 aliphatic rings. The quantitative estimate of drug-likeness (QED) is 0.118. The van der Waals surface area contributed by atoms with Gasteiger partial charge < -0.3 is 9.80 Å². The number of para-hydroxylation sites is 2. The molecule has 59 heavy (non-hydrogen) atoms. The Balaban J connectivity index is 1.20. The first-order valence-electron chi connectivity index (χ1n) is 20.3. The van der Waals surface area contributed by atoms with Crippen LogP contribution in [0.3, 0.4) is 0 Å². The lowest BCUT2D eigenvalue weighted by atomic mass is 10.0. The second-order valence-electron chi connectivity index (χ2n) is 15.3. The Morgan fingerprint density at radius 3 is 1.56 bits per heavy atom. The van der Waals surface area contributed by atoms with Crippen LogP contribution < -0.4 is 30.5 Å². The van der Waals surface area contributed by atoms with Crippen molar-refractivity contribution in [2.24, 2.45) is 0 Å². The fourth-order valence-corrected chi connectivity index (χ4v) is 14.6. The normalized spacial score (nSPS) is 12.8. The summed E-state index contributed by atoms with van der Waals surface area (Å²) in [7, 11) is -2.93. The summed E-state index contributed by atoms with van der Waals surface area (Å²) in [6, 6.07) is 89.6. The summed E-state index contributed by atoms with van der Waals surface area (Å²) in [6.45, 7) is 0. The van der Waals surface area contributed by atoms with Crippen LogP contribution in [-0.2, 0) is 0 Å². The van der Waals surface area contributed by atoms with Crippen LogP contribution in [0, 0.1) is 0 Å². The van der Waals surface area contributed by atoms with Gasteiger partial charge in [0.2, 0.25) is 0 Å². The molecule has 0 aliphatic carbocycles. The van der Waals surface area contributed by atoms with Crippen LogP contribution in [-0.4, -0.2) is 8.07 Å². The summed E-state index contributed by atoms with van der Waals surface area (Å²) in [5.74, 6) is 0. The van der Waals surface area contributed by atoms with Crippen LogP contribution in [0.1, 0.15) is 0 Å². The molecule has 0 N–H and O–H groups in total. The summed E-state index contributed by atoms with van der Waals surface area (Å²) >= 11 is 0. The lowest BCUT2D eigenvalue weighted by Crippen LogP contribution is -2.77. The molecule has 0 spiro atoms. The number of nitrogens with zero attached hydrogens (tertiary/aromatic N) is 2. The number of hydrogen-bond acceptors (Lipinski definition) is 2. The topological polar surface area (TPSA) is 6.48 Å². The Labute approximate surface area is 346 Å². The molecule has 0 radical (unpaired) electrons. The summed E-state index contributed by atoms with van der Waals surface area (Å²) < 4.78 is 0. The lowest BCUT2D eigenvalue weighted by molar-refractivity contribution is 1.26. The number of hydrogen-bond donors (Lipinski definition) is 0. The molecule has 0 amide bonds. The van der Waals surface area contributed by atoms with Gasteiger partial charge in [0.25, 0.3) is 0 Å². The Kier molecular flexibility index (Phi) is 8.53. The van der Waals surface area contributed by atoms with Gasteiger partial charge in [0.15, 0.2) is 8.07 Å². The third kappa shape index (κ3) is 5.78. The van der Waals surface area contributed by atoms with Crippen LogP contribution in [0.25, 0.3) is 32.7 Å². The first kappa shape index (κ1) is 34.8. The van der Waals surface area contributed by atoms with Crippen molar-refractivity contribution < 1.29 is 0 Å². The van der Waals surface area contributed by atoms with E-state index < -0.39 is 8.07 Å². The number of fused-ring (bicyclic) bond motifs is 5. The maximum atomic E-state index is 2.52. The van der Waals surface area contributed by atoms with Crippen molar-refractivity contribution in [2.45, 2.75) is 0 Å². The van der Waals surface area contributed by atoms with E-state index >= 15 is 0 Å². The Morgan fingerprint density at radius 2 is 0.831 bits per heavy atom. The average molecular weight is 769 g/mol. The minimum absolute atomic E-state index is 1.10. The Bertz CT molecular complexity index is 3050. The molecule has 0 aromatic heterocycles. The van der Waals surface area contributed by atoms with E-state index in [4.69, 9.17) is 0 Å². The van der Waals surface area contributed by atoms with E-state index in [9.17, 15) is 0 Å². The maximum absolute atomic E-state index is 2.93. The fraction of sp³-hybridized carbons (Fsp3) is 0. The van der Waals surface area contributed by atoms with E-state index in [0.29, 0.717) is 0 Å². The minimum Gasteiger partial charge on any atom is -0.311 e. The summed E-state index contributed by atoms with van der Waals surface area (Å²) in [5, 5.41) is 10.4. The highest BCUT2D eigenvalue weighted by Crippen LogP contribution is 2.43. The molecule has 1 heterocycles. The zero-order valence-electron chi connectivity index (χ0n) is 32.5. The Hall–Kier alpha value is -7.46. The van der Waals surface area contributed by atoms with E-state index in [-0.39, 0.29) is 0 Å². The molecular weight excluding hydrogens is 729 g/mol.